The van der Waals surface area contributed by atoms with Crippen molar-refractivity contribution in [1.82, 2.24) is 9.55 Å². The molecule has 6 aromatic rings. The monoisotopic (exact) mass is 656 g/mol. The van der Waals surface area contributed by atoms with Crippen LogP contribution >= 0.6 is 0 Å². The Kier molecular flexibility index (Phi) is 8.09. The normalized spacial score (nSPS) is 15.1. The molecule has 0 N–H and O–H groups in total. The van der Waals surface area contributed by atoms with Gasteiger partial charge in [0.1, 0.15) is 17.0 Å². The second-order valence-corrected chi connectivity index (χ2v) is 12.3. The standard InChI is InChI=1S/C43H38N5O2/c1-4-45-38-28-31(30(3)49)24-26-36(38)47(33-16-9-6-7-10-17-33)41(45)22-15-23-42-46(5-2)39-29-32(43-44-35-20-13-14-21-40(35)50-43)25-27-37(39)48(42)34-18-11-8-12-19-34/h6,8-29H,4-5,7H2,1-3H3/q+1. The molecule has 7 heteroatoms. The maximum Gasteiger partial charge on any atom is 0.287 e. The van der Waals surface area contributed by atoms with Crippen molar-refractivity contribution in [2.45, 2.75) is 33.7 Å². The van der Waals surface area contributed by atoms with E-state index in [2.05, 4.69) is 130 Å². The molecule has 0 fully saturated rings. The Morgan fingerprint density at radius 2 is 1.78 bits per heavy atom. The molecule has 0 saturated heterocycles. The molecule has 1 aliphatic carbocycles. The van der Waals surface area contributed by atoms with Crippen molar-refractivity contribution >= 4 is 45.4 Å². The molecular formula is C43H38N5O2+. The number of hydrogen-bond donors (Lipinski definition) is 0. The first-order valence-corrected chi connectivity index (χ1v) is 17.2. The predicted molar refractivity (Wildman–Crippen MR) is 202 cm³/mol. The Morgan fingerprint density at radius 3 is 2.58 bits per heavy atom. The van der Waals surface area contributed by atoms with Gasteiger partial charge in [0.15, 0.2) is 22.4 Å². The highest BCUT2D eigenvalue weighted by atomic mass is 16.3. The molecule has 50 heavy (non-hydrogen) atoms. The van der Waals surface area contributed by atoms with Gasteiger partial charge in [0, 0.05) is 35.5 Å². The topological polar surface area (TPSA) is 58.4 Å². The van der Waals surface area contributed by atoms with Crippen molar-refractivity contribution in [2.24, 2.45) is 0 Å². The van der Waals surface area contributed by atoms with Gasteiger partial charge in [-0.15, -0.1) is 0 Å². The summed E-state index contributed by atoms with van der Waals surface area (Å²) in [6.45, 7) is 7.46. The Labute approximate surface area is 291 Å². The summed E-state index contributed by atoms with van der Waals surface area (Å²) in [5.41, 5.74) is 9.66. The molecule has 2 aromatic heterocycles. The van der Waals surface area contributed by atoms with Crippen molar-refractivity contribution in [2.75, 3.05) is 16.3 Å². The van der Waals surface area contributed by atoms with Crippen LogP contribution in [0, 0.1) is 0 Å². The minimum atomic E-state index is 0.0568. The van der Waals surface area contributed by atoms with Gasteiger partial charge in [0.25, 0.3) is 5.82 Å². The fraction of sp³-hybridized carbons (Fsp3) is 0.140. The Bertz CT molecular complexity index is 2390. The lowest BCUT2D eigenvalue weighted by atomic mass is 10.1. The quantitative estimate of drug-likeness (QED) is 0.121. The number of allylic oxidation sites excluding steroid dienone is 7. The average molecular weight is 657 g/mol. The molecule has 1 aliphatic heterocycles. The Morgan fingerprint density at radius 1 is 0.940 bits per heavy atom. The third kappa shape index (κ3) is 5.37. The van der Waals surface area contributed by atoms with Crippen LogP contribution in [0.5, 0.6) is 0 Å². The Hall–Kier alpha value is -6.21. The number of imidazole rings is 1. The molecule has 3 heterocycles. The number of ketones is 1. The Balaban J connectivity index is 1.28. The van der Waals surface area contributed by atoms with Gasteiger partial charge in [0.2, 0.25) is 5.89 Å². The minimum Gasteiger partial charge on any atom is -0.436 e. The first-order valence-electron chi connectivity index (χ1n) is 17.2. The maximum atomic E-state index is 12.4. The minimum absolute atomic E-state index is 0.0568. The highest BCUT2D eigenvalue weighted by Crippen LogP contribution is 2.45. The number of carbonyl (C=O) groups excluding carboxylic acids is 1. The number of oxazole rings is 1. The van der Waals surface area contributed by atoms with Crippen LogP contribution in [0.3, 0.4) is 0 Å². The lowest BCUT2D eigenvalue weighted by molar-refractivity contribution is -0.670. The van der Waals surface area contributed by atoms with Crippen molar-refractivity contribution in [3.63, 3.8) is 0 Å². The number of para-hydroxylation sites is 3. The van der Waals surface area contributed by atoms with E-state index in [0.29, 0.717) is 11.5 Å². The van der Waals surface area contributed by atoms with Crippen LogP contribution in [-0.4, -0.2) is 21.9 Å². The third-order valence-electron chi connectivity index (χ3n) is 9.33. The number of nitrogens with zero attached hydrogens (tertiary/aromatic N) is 5. The zero-order valence-electron chi connectivity index (χ0n) is 28.5. The van der Waals surface area contributed by atoms with Gasteiger partial charge in [-0.05, 0) is 100 Å². The van der Waals surface area contributed by atoms with Gasteiger partial charge >= 0.3 is 0 Å². The fourth-order valence-electron chi connectivity index (χ4n) is 6.99. The van der Waals surface area contributed by atoms with Gasteiger partial charge in [-0.1, -0.05) is 54.6 Å². The smallest absolute Gasteiger partial charge is 0.287 e. The number of hydrogen-bond acceptors (Lipinski definition) is 5. The van der Waals surface area contributed by atoms with Gasteiger partial charge < -0.3 is 9.32 Å². The van der Waals surface area contributed by atoms with E-state index in [0.717, 1.165) is 81.6 Å². The van der Waals surface area contributed by atoms with E-state index in [9.17, 15) is 4.79 Å². The molecule has 0 atom stereocenters. The molecule has 2 aliphatic rings. The van der Waals surface area contributed by atoms with Gasteiger partial charge in [0.05, 0.1) is 17.9 Å². The predicted octanol–water partition coefficient (Wildman–Crippen LogP) is 9.55. The van der Waals surface area contributed by atoms with Crippen LogP contribution in [0.1, 0.15) is 43.4 Å². The third-order valence-corrected chi connectivity index (χ3v) is 9.33. The molecular weight excluding hydrogens is 619 g/mol. The van der Waals surface area contributed by atoms with Crippen LogP contribution < -0.4 is 14.4 Å². The summed E-state index contributed by atoms with van der Waals surface area (Å²) in [6, 6.07) is 30.8. The maximum absolute atomic E-state index is 12.4. The summed E-state index contributed by atoms with van der Waals surface area (Å²) in [5, 5.41) is 0. The summed E-state index contributed by atoms with van der Waals surface area (Å²) in [5.74, 6) is 2.73. The molecule has 0 unspecified atom stereocenters. The zero-order chi connectivity index (χ0) is 34.2. The molecule has 0 amide bonds. The molecule has 0 spiro atoms. The first kappa shape index (κ1) is 31.1. The second-order valence-electron chi connectivity index (χ2n) is 12.3. The summed E-state index contributed by atoms with van der Waals surface area (Å²) in [4.78, 5) is 21.7. The lowest BCUT2D eigenvalue weighted by Gasteiger charge is -2.25. The van der Waals surface area contributed by atoms with Gasteiger partial charge in [-0.2, -0.15) is 4.57 Å². The van der Waals surface area contributed by atoms with Gasteiger partial charge in [-0.3, -0.25) is 9.69 Å². The summed E-state index contributed by atoms with van der Waals surface area (Å²) in [6.07, 6.45) is 18.2. The fourth-order valence-corrected chi connectivity index (χ4v) is 6.99. The first-order chi connectivity index (χ1) is 24.6. The van der Waals surface area contributed by atoms with E-state index in [1.807, 2.05) is 42.5 Å². The number of Topliss-reactive ketones (excluding diaryl/α,β-unsaturated/α-hetero) is 1. The molecule has 4 aromatic carbocycles. The van der Waals surface area contributed by atoms with E-state index in [-0.39, 0.29) is 5.78 Å². The number of carbonyl (C=O) groups is 1. The number of benzene rings is 4. The van der Waals surface area contributed by atoms with Crippen LogP contribution in [0.25, 0.3) is 45.4 Å². The van der Waals surface area contributed by atoms with Crippen molar-refractivity contribution in [3.8, 4) is 17.1 Å². The molecule has 0 radical (unpaired) electrons. The van der Waals surface area contributed by atoms with E-state index < -0.39 is 0 Å². The molecule has 7 nitrogen and oxygen atoms in total. The molecule has 0 bridgehead atoms. The van der Waals surface area contributed by atoms with E-state index in [1.54, 1.807) is 6.92 Å². The average Bonchev–Trinajstić information content (AvgIpc) is 3.73. The van der Waals surface area contributed by atoms with E-state index >= 15 is 0 Å². The number of fused-ring (bicyclic) bond motifs is 3. The number of anilines is 2. The lowest BCUT2D eigenvalue weighted by Crippen LogP contribution is -2.35. The molecule has 8 rings (SSSR count). The zero-order valence-corrected chi connectivity index (χ0v) is 28.5. The SMILES string of the molecule is CCN1/C(=C/C=C/c2n(-c3ccccc3)c3ccc(-c4nc5ccccc5o4)cc3[n+]2CC)N(C2=CC=CCC=C2)c2ccc(C(C)=O)cc21. The van der Waals surface area contributed by atoms with Crippen LogP contribution in [0.4, 0.5) is 11.4 Å². The highest BCUT2D eigenvalue weighted by Gasteiger charge is 2.32. The van der Waals surface area contributed by atoms with Crippen LogP contribution in [-0.2, 0) is 6.54 Å². The number of aromatic nitrogens is 3. The molecule has 246 valence electrons. The summed E-state index contributed by atoms with van der Waals surface area (Å²) < 4.78 is 10.8. The van der Waals surface area contributed by atoms with Crippen LogP contribution in [0.2, 0.25) is 0 Å². The largest absolute Gasteiger partial charge is 0.436 e. The molecule has 0 saturated carbocycles. The highest BCUT2D eigenvalue weighted by molar-refractivity contribution is 5.98. The second kappa shape index (κ2) is 13.0. The van der Waals surface area contributed by atoms with E-state index in [4.69, 9.17) is 9.40 Å². The van der Waals surface area contributed by atoms with Gasteiger partial charge in [-0.25, -0.2) is 9.55 Å². The van der Waals surface area contributed by atoms with Crippen LogP contribution in [0.15, 0.2) is 149 Å². The van der Waals surface area contributed by atoms with Crippen molar-refractivity contribution < 1.29 is 13.8 Å². The number of rotatable bonds is 8. The van der Waals surface area contributed by atoms with Crippen molar-refractivity contribution in [3.05, 3.63) is 156 Å². The summed E-state index contributed by atoms with van der Waals surface area (Å²) in [7, 11) is 0. The van der Waals surface area contributed by atoms with E-state index in [1.165, 1.54) is 0 Å². The summed E-state index contributed by atoms with van der Waals surface area (Å²) >= 11 is 0. The van der Waals surface area contributed by atoms with Crippen molar-refractivity contribution in [1.29, 1.82) is 0 Å². The number of aryl methyl sites for hydroxylation is 1.